The summed E-state index contributed by atoms with van der Waals surface area (Å²) in [4.78, 5) is 35.7. The molecule has 142 valence electrons. The minimum Gasteiger partial charge on any atom is -0.496 e. The van der Waals surface area contributed by atoms with E-state index < -0.39 is 24.4 Å². The summed E-state index contributed by atoms with van der Waals surface area (Å²) in [5.41, 5.74) is 1.91. The number of halogens is 1. The standard InChI is InChI=1S/C19H19BrN2O5/c1-12-7-8-15(14(20)9-12)22-17(23)11-27-18(24)10-21-19(25)13-5-3-4-6-16(13)26-2/h3-9H,10-11H2,1-2H3,(H,21,25)(H,22,23). The average Bonchev–Trinajstić information content (AvgIpc) is 2.66. The maximum Gasteiger partial charge on any atom is 0.325 e. The molecule has 0 aromatic heterocycles. The van der Waals surface area contributed by atoms with E-state index >= 15 is 0 Å². The maximum atomic E-state index is 12.1. The number of esters is 1. The summed E-state index contributed by atoms with van der Waals surface area (Å²) in [6, 6.07) is 12.1. The van der Waals surface area contributed by atoms with Gasteiger partial charge in [0, 0.05) is 4.47 Å². The van der Waals surface area contributed by atoms with Gasteiger partial charge in [0.1, 0.15) is 12.3 Å². The first-order valence-electron chi connectivity index (χ1n) is 8.03. The molecule has 2 aromatic carbocycles. The zero-order chi connectivity index (χ0) is 19.8. The molecule has 0 saturated heterocycles. The van der Waals surface area contributed by atoms with Crippen molar-refractivity contribution in [1.29, 1.82) is 0 Å². The Hall–Kier alpha value is -2.87. The van der Waals surface area contributed by atoms with Crippen molar-refractivity contribution < 1.29 is 23.9 Å². The Morgan fingerprint density at radius 2 is 1.85 bits per heavy atom. The second-order valence-electron chi connectivity index (χ2n) is 5.58. The van der Waals surface area contributed by atoms with Crippen molar-refractivity contribution in [1.82, 2.24) is 5.32 Å². The Bertz CT molecular complexity index is 854. The number of aryl methyl sites for hydroxylation is 1. The first-order valence-corrected chi connectivity index (χ1v) is 8.83. The SMILES string of the molecule is COc1ccccc1C(=O)NCC(=O)OCC(=O)Nc1ccc(C)cc1Br. The number of carbonyl (C=O) groups excluding carboxylic acids is 3. The van der Waals surface area contributed by atoms with E-state index in [1.54, 1.807) is 30.3 Å². The molecule has 0 aliphatic heterocycles. The molecule has 27 heavy (non-hydrogen) atoms. The van der Waals surface area contributed by atoms with Crippen LogP contribution in [0.15, 0.2) is 46.9 Å². The predicted octanol–water partition coefficient (Wildman–Crippen LogP) is 2.68. The molecule has 2 rings (SSSR count). The molecule has 0 bridgehead atoms. The fraction of sp³-hybridized carbons (Fsp3) is 0.211. The van der Waals surface area contributed by atoms with Crippen LogP contribution in [0.2, 0.25) is 0 Å². The maximum absolute atomic E-state index is 12.1. The van der Waals surface area contributed by atoms with Crippen molar-refractivity contribution in [2.24, 2.45) is 0 Å². The minimum atomic E-state index is -0.726. The van der Waals surface area contributed by atoms with E-state index in [0.717, 1.165) is 10.0 Å². The predicted molar refractivity (Wildman–Crippen MR) is 104 cm³/mol. The Morgan fingerprint density at radius 1 is 1.11 bits per heavy atom. The van der Waals surface area contributed by atoms with Crippen LogP contribution >= 0.6 is 15.9 Å². The van der Waals surface area contributed by atoms with Crippen LogP contribution in [0.5, 0.6) is 5.75 Å². The Balaban J connectivity index is 1.78. The number of para-hydroxylation sites is 1. The molecule has 0 radical (unpaired) electrons. The van der Waals surface area contributed by atoms with E-state index in [2.05, 4.69) is 26.6 Å². The van der Waals surface area contributed by atoms with Gasteiger partial charge in [-0.2, -0.15) is 0 Å². The lowest BCUT2D eigenvalue weighted by Gasteiger charge is -2.10. The molecule has 0 saturated carbocycles. The van der Waals surface area contributed by atoms with E-state index in [4.69, 9.17) is 9.47 Å². The highest BCUT2D eigenvalue weighted by atomic mass is 79.9. The van der Waals surface area contributed by atoms with Crippen molar-refractivity contribution in [3.8, 4) is 5.75 Å². The first kappa shape index (κ1) is 20.4. The van der Waals surface area contributed by atoms with Gasteiger partial charge in [-0.25, -0.2) is 0 Å². The number of rotatable bonds is 7. The summed E-state index contributed by atoms with van der Waals surface area (Å²) < 4.78 is 10.7. The number of anilines is 1. The van der Waals surface area contributed by atoms with Gasteiger partial charge in [0.2, 0.25) is 0 Å². The van der Waals surface area contributed by atoms with Crippen LogP contribution in [0.4, 0.5) is 5.69 Å². The zero-order valence-electron chi connectivity index (χ0n) is 14.9. The zero-order valence-corrected chi connectivity index (χ0v) is 16.5. The quantitative estimate of drug-likeness (QED) is 0.653. The smallest absolute Gasteiger partial charge is 0.325 e. The number of amides is 2. The lowest BCUT2D eigenvalue weighted by molar-refractivity contribution is -0.146. The fourth-order valence-electron chi connectivity index (χ4n) is 2.18. The fourth-order valence-corrected chi connectivity index (χ4v) is 2.78. The van der Waals surface area contributed by atoms with E-state index in [0.29, 0.717) is 17.0 Å². The van der Waals surface area contributed by atoms with Crippen molar-refractivity contribution in [2.45, 2.75) is 6.92 Å². The van der Waals surface area contributed by atoms with Gasteiger partial charge in [0.25, 0.3) is 11.8 Å². The van der Waals surface area contributed by atoms with E-state index in [9.17, 15) is 14.4 Å². The summed E-state index contributed by atoms with van der Waals surface area (Å²) in [6.07, 6.45) is 0. The number of benzene rings is 2. The Kier molecular flexibility index (Phi) is 7.36. The highest BCUT2D eigenvalue weighted by Crippen LogP contribution is 2.23. The lowest BCUT2D eigenvalue weighted by Crippen LogP contribution is -2.32. The summed E-state index contributed by atoms with van der Waals surface area (Å²) in [5, 5.41) is 5.06. The summed E-state index contributed by atoms with van der Waals surface area (Å²) in [7, 11) is 1.45. The third-order valence-electron chi connectivity index (χ3n) is 3.51. The van der Waals surface area contributed by atoms with Gasteiger partial charge in [0.15, 0.2) is 6.61 Å². The number of hydrogen-bond donors (Lipinski definition) is 2. The third kappa shape index (κ3) is 6.10. The molecule has 2 aromatic rings. The number of nitrogens with one attached hydrogen (secondary N) is 2. The van der Waals surface area contributed by atoms with Crippen molar-refractivity contribution in [3.05, 3.63) is 58.1 Å². The van der Waals surface area contributed by atoms with Gasteiger partial charge in [0.05, 0.1) is 18.4 Å². The van der Waals surface area contributed by atoms with Crippen LogP contribution < -0.4 is 15.4 Å². The highest BCUT2D eigenvalue weighted by molar-refractivity contribution is 9.10. The number of carbonyl (C=O) groups is 3. The van der Waals surface area contributed by atoms with Crippen LogP contribution in [0.25, 0.3) is 0 Å². The van der Waals surface area contributed by atoms with Gasteiger partial charge >= 0.3 is 5.97 Å². The van der Waals surface area contributed by atoms with Crippen LogP contribution in [-0.2, 0) is 14.3 Å². The molecule has 0 aliphatic carbocycles. The van der Waals surface area contributed by atoms with Crippen LogP contribution in [-0.4, -0.2) is 38.0 Å². The van der Waals surface area contributed by atoms with E-state index in [1.807, 2.05) is 19.1 Å². The van der Waals surface area contributed by atoms with E-state index in [-0.39, 0.29) is 6.54 Å². The van der Waals surface area contributed by atoms with Gasteiger partial charge in [-0.3, -0.25) is 14.4 Å². The Morgan fingerprint density at radius 3 is 2.56 bits per heavy atom. The molecule has 0 spiro atoms. The molecule has 0 aliphatic rings. The molecule has 0 fully saturated rings. The number of hydrogen-bond acceptors (Lipinski definition) is 5. The molecule has 2 amide bonds. The number of methoxy groups -OCH3 is 1. The highest BCUT2D eigenvalue weighted by Gasteiger charge is 2.14. The minimum absolute atomic E-state index is 0.301. The topological polar surface area (TPSA) is 93.7 Å². The molecule has 8 heteroatoms. The molecule has 0 heterocycles. The largest absolute Gasteiger partial charge is 0.496 e. The summed E-state index contributed by atoms with van der Waals surface area (Å²) in [5.74, 6) is -1.29. The number of ether oxygens (including phenoxy) is 2. The first-order chi connectivity index (χ1) is 12.9. The van der Waals surface area contributed by atoms with Gasteiger partial charge in [-0.1, -0.05) is 18.2 Å². The van der Waals surface area contributed by atoms with Crippen molar-refractivity contribution in [2.75, 3.05) is 25.6 Å². The molecule has 0 unspecified atom stereocenters. The van der Waals surface area contributed by atoms with Crippen LogP contribution in [0, 0.1) is 6.92 Å². The summed E-state index contributed by atoms with van der Waals surface area (Å²) in [6.45, 7) is 1.11. The average molecular weight is 435 g/mol. The van der Waals surface area contributed by atoms with Crippen molar-refractivity contribution in [3.63, 3.8) is 0 Å². The molecular formula is C19H19BrN2O5. The molecule has 2 N–H and O–H groups in total. The lowest BCUT2D eigenvalue weighted by atomic mass is 10.2. The van der Waals surface area contributed by atoms with E-state index in [1.165, 1.54) is 7.11 Å². The molecule has 0 atom stereocenters. The van der Waals surface area contributed by atoms with Gasteiger partial charge in [-0.15, -0.1) is 0 Å². The van der Waals surface area contributed by atoms with Gasteiger partial charge < -0.3 is 20.1 Å². The third-order valence-corrected chi connectivity index (χ3v) is 4.16. The van der Waals surface area contributed by atoms with Crippen molar-refractivity contribution >= 4 is 39.4 Å². The normalized spacial score (nSPS) is 10.0. The molecular weight excluding hydrogens is 416 g/mol. The molecule has 7 nitrogen and oxygen atoms in total. The van der Waals surface area contributed by atoms with Crippen LogP contribution in [0.1, 0.15) is 15.9 Å². The monoisotopic (exact) mass is 434 g/mol. The van der Waals surface area contributed by atoms with Gasteiger partial charge in [-0.05, 0) is 52.7 Å². The second-order valence-corrected chi connectivity index (χ2v) is 6.43. The summed E-state index contributed by atoms with van der Waals surface area (Å²) >= 11 is 3.35. The van der Waals surface area contributed by atoms with Crippen LogP contribution in [0.3, 0.4) is 0 Å². The Labute approximate surface area is 165 Å². The second kappa shape index (κ2) is 9.72.